The number of anilines is 1. The minimum atomic E-state index is -0.439. The molecule has 0 amide bonds. The van der Waals surface area contributed by atoms with Crippen LogP contribution >= 0.6 is 0 Å². The van der Waals surface area contributed by atoms with Crippen LogP contribution in [0.2, 0.25) is 0 Å². The van der Waals surface area contributed by atoms with Gasteiger partial charge in [-0.25, -0.2) is 9.37 Å². The number of hydrogen-bond donors (Lipinski definition) is 2. The molecule has 3 aromatic heterocycles. The Hall–Kier alpha value is -3.32. The fourth-order valence-corrected chi connectivity index (χ4v) is 5.10. The Morgan fingerprint density at radius 1 is 0.968 bits per heavy atom. The smallest absolute Gasteiger partial charge is 0.187 e. The highest BCUT2D eigenvalue weighted by molar-refractivity contribution is 5.78. The molecular weight excluding hydrogens is 391 g/mol. The third-order valence-electron chi connectivity index (χ3n) is 6.65. The first kappa shape index (κ1) is 18.4. The zero-order chi connectivity index (χ0) is 20.9. The van der Waals surface area contributed by atoms with Gasteiger partial charge in [0.1, 0.15) is 0 Å². The summed E-state index contributed by atoms with van der Waals surface area (Å²) in [5.74, 6) is -0.343. The van der Waals surface area contributed by atoms with E-state index in [0.29, 0.717) is 23.4 Å². The lowest BCUT2D eigenvalue weighted by Gasteiger charge is -2.29. The highest BCUT2D eigenvalue weighted by atomic mass is 19.1. The topological polar surface area (TPSA) is 81.1 Å². The molecule has 156 valence electrons. The summed E-state index contributed by atoms with van der Waals surface area (Å²) in [5, 5.41) is 7.92. The van der Waals surface area contributed by atoms with Crippen molar-refractivity contribution in [3.8, 4) is 22.4 Å². The summed E-state index contributed by atoms with van der Waals surface area (Å²) in [6, 6.07) is 14.9. The van der Waals surface area contributed by atoms with Crippen LogP contribution in [0.1, 0.15) is 37.3 Å². The second-order valence-electron chi connectivity index (χ2n) is 8.59. The van der Waals surface area contributed by atoms with Crippen molar-refractivity contribution in [3.63, 3.8) is 0 Å². The molecule has 5 heterocycles. The molecule has 2 aliphatic heterocycles. The van der Waals surface area contributed by atoms with Crippen LogP contribution < -0.4 is 11.1 Å². The number of nitrogen functional groups attached to an aromatic ring is 1. The highest BCUT2D eigenvalue weighted by Gasteiger charge is 2.36. The number of fused-ring (bicyclic) bond motifs is 3. The molecular formula is C24H23FN6. The van der Waals surface area contributed by atoms with Crippen LogP contribution in [-0.4, -0.2) is 31.7 Å². The summed E-state index contributed by atoms with van der Waals surface area (Å²) in [7, 11) is 0. The first-order chi connectivity index (χ1) is 15.2. The van der Waals surface area contributed by atoms with E-state index in [1.807, 2.05) is 48.7 Å². The van der Waals surface area contributed by atoms with E-state index in [9.17, 15) is 0 Å². The molecule has 1 aromatic carbocycles. The Bertz CT molecular complexity index is 1240. The molecule has 2 bridgehead atoms. The molecule has 2 aliphatic rings. The molecule has 6 nitrogen and oxygen atoms in total. The van der Waals surface area contributed by atoms with Crippen molar-refractivity contribution in [1.82, 2.24) is 24.9 Å². The number of piperidine rings is 1. The quantitative estimate of drug-likeness (QED) is 0.526. The first-order valence-electron chi connectivity index (χ1n) is 10.8. The summed E-state index contributed by atoms with van der Waals surface area (Å²) >= 11 is 0. The number of nitrogens with one attached hydrogen (secondary N) is 1. The average Bonchev–Trinajstić information content (AvgIpc) is 3.39. The van der Waals surface area contributed by atoms with E-state index in [-0.39, 0.29) is 11.7 Å². The van der Waals surface area contributed by atoms with Crippen LogP contribution in [0.4, 0.5) is 10.2 Å². The second kappa shape index (κ2) is 7.13. The molecule has 31 heavy (non-hydrogen) atoms. The van der Waals surface area contributed by atoms with Gasteiger partial charge in [0.05, 0.1) is 17.6 Å². The van der Waals surface area contributed by atoms with Crippen LogP contribution in [0.5, 0.6) is 0 Å². The summed E-state index contributed by atoms with van der Waals surface area (Å²) in [6.45, 7) is 0. The number of nitrogens with zero attached hydrogens (tertiary/aromatic N) is 4. The number of aromatic nitrogens is 4. The SMILES string of the molecule is Nc1c(F)c(C2CC3CCC(C2)N3)nc2c(-c3ccc(-c4ccccc4)nc3)cnn12. The number of pyridine rings is 1. The number of rotatable bonds is 3. The fraction of sp³-hybridized carbons (Fsp3) is 0.292. The number of benzene rings is 1. The molecule has 2 saturated heterocycles. The van der Waals surface area contributed by atoms with E-state index in [2.05, 4.69) is 15.4 Å². The van der Waals surface area contributed by atoms with Crippen molar-refractivity contribution in [2.45, 2.75) is 43.7 Å². The summed E-state index contributed by atoms with van der Waals surface area (Å²) in [5.41, 5.74) is 10.8. The minimum Gasteiger partial charge on any atom is -0.381 e. The molecule has 0 saturated carbocycles. The molecule has 4 aromatic rings. The van der Waals surface area contributed by atoms with Gasteiger partial charge in [0, 0.05) is 40.9 Å². The van der Waals surface area contributed by atoms with Gasteiger partial charge in [-0.3, -0.25) is 4.98 Å². The molecule has 3 N–H and O–H groups in total. The van der Waals surface area contributed by atoms with Gasteiger partial charge in [0.25, 0.3) is 0 Å². The maximum Gasteiger partial charge on any atom is 0.187 e. The predicted octanol–water partition coefficient (Wildman–Crippen LogP) is 4.18. The van der Waals surface area contributed by atoms with Gasteiger partial charge in [-0.15, -0.1) is 0 Å². The Morgan fingerprint density at radius 2 is 1.74 bits per heavy atom. The Morgan fingerprint density at radius 3 is 2.45 bits per heavy atom. The van der Waals surface area contributed by atoms with Crippen molar-refractivity contribution < 1.29 is 4.39 Å². The zero-order valence-electron chi connectivity index (χ0n) is 17.0. The van der Waals surface area contributed by atoms with Crippen LogP contribution in [-0.2, 0) is 0 Å². The standard InChI is InChI=1S/C24H23FN6/c25-21-22(16-10-17-7-8-18(11-16)29-17)30-24-19(13-28-31(24)23(21)26)15-6-9-20(27-12-15)14-4-2-1-3-5-14/h1-6,9,12-13,16-18,29H,7-8,10-11,26H2. The van der Waals surface area contributed by atoms with Gasteiger partial charge in [0.2, 0.25) is 0 Å². The lowest BCUT2D eigenvalue weighted by atomic mass is 9.89. The number of halogens is 1. The first-order valence-corrected chi connectivity index (χ1v) is 10.8. The largest absolute Gasteiger partial charge is 0.381 e. The van der Waals surface area contributed by atoms with Gasteiger partial charge in [0.15, 0.2) is 17.3 Å². The van der Waals surface area contributed by atoms with Gasteiger partial charge in [-0.1, -0.05) is 36.4 Å². The van der Waals surface area contributed by atoms with Crippen molar-refractivity contribution in [2.75, 3.05) is 5.73 Å². The molecule has 2 unspecified atom stereocenters. The predicted molar refractivity (Wildman–Crippen MR) is 118 cm³/mol. The highest BCUT2D eigenvalue weighted by Crippen LogP contribution is 2.39. The molecule has 0 spiro atoms. The van der Waals surface area contributed by atoms with Gasteiger partial charge < -0.3 is 11.1 Å². The summed E-state index contributed by atoms with van der Waals surface area (Å²) in [6.07, 6.45) is 7.59. The van der Waals surface area contributed by atoms with Crippen molar-refractivity contribution in [3.05, 3.63) is 66.4 Å². The lowest BCUT2D eigenvalue weighted by molar-refractivity contribution is 0.351. The van der Waals surface area contributed by atoms with E-state index in [1.54, 1.807) is 6.20 Å². The molecule has 0 aliphatic carbocycles. The lowest BCUT2D eigenvalue weighted by Crippen LogP contribution is -2.37. The van der Waals surface area contributed by atoms with Crippen molar-refractivity contribution >= 4 is 11.5 Å². The number of nitrogens with two attached hydrogens (primary N) is 1. The second-order valence-corrected chi connectivity index (χ2v) is 8.59. The average molecular weight is 414 g/mol. The van der Waals surface area contributed by atoms with Crippen LogP contribution in [0, 0.1) is 5.82 Å². The maximum atomic E-state index is 15.2. The maximum absolute atomic E-state index is 15.2. The van der Waals surface area contributed by atoms with Crippen molar-refractivity contribution in [2.24, 2.45) is 0 Å². The minimum absolute atomic E-state index is 0.0194. The Balaban J connectivity index is 1.41. The Labute approximate surface area is 179 Å². The Kier molecular flexibility index (Phi) is 4.24. The molecule has 6 rings (SSSR count). The van der Waals surface area contributed by atoms with Crippen molar-refractivity contribution in [1.29, 1.82) is 0 Å². The van der Waals surface area contributed by atoms with Gasteiger partial charge in [-0.05, 0) is 31.7 Å². The molecule has 2 fully saturated rings. The van der Waals surface area contributed by atoms with E-state index < -0.39 is 5.82 Å². The van der Waals surface area contributed by atoms with E-state index in [4.69, 9.17) is 10.7 Å². The molecule has 0 radical (unpaired) electrons. The summed E-state index contributed by atoms with van der Waals surface area (Å²) < 4.78 is 16.6. The van der Waals surface area contributed by atoms with E-state index in [1.165, 1.54) is 4.52 Å². The zero-order valence-corrected chi connectivity index (χ0v) is 17.0. The van der Waals surface area contributed by atoms with Crippen LogP contribution in [0.3, 0.4) is 0 Å². The normalized spacial score (nSPS) is 22.8. The number of hydrogen-bond acceptors (Lipinski definition) is 5. The third-order valence-corrected chi connectivity index (χ3v) is 6.65. The third kappa shape index (κ3) is 3.08. The fourth-order valence-electron chi connectivity index (χ4n) is 5.10. The van der Waals surface area contributed by atoms with Crippen LogP contribution in [0.15, 0.2) is 54.9 Å². The van der Waals surface area contributed by atoms with E-state index in [0.717, 1.165) is 48.1 Å². The monoisotopic (exact) mass is 414 g/mol. The molecule has 7 heteroatoms. The van der Waals surface area contributed by atoms with Gasteiger partial charge >= 0.3 is 0 Å². The van der Waals surface area contributed by atoms with Crippen LogP contribution in [0.25, 0.3) is 28.0 Å². The van der Waals surface area contributed by atoms with Gasteiger partial charge in [-0.2, -0.15) is 9.61 Å². The van der Waals surface area contributed by atoms with E-state index >= 15 is 4.39 Å². The summed E-state index contributed by atoms with van der Waals surface area (Å²) in [4.78, 5) is 9.38. The molecule has 2 atom stereocenters.